The van der Waals surface area contributed by atoms with Gasteiger partial charge < -0.3 is 15.2 Å². The monoisotopic (exact) mass is 271 g/mol. The molecule has 1 fully saturated rings. The number of nitrogen functional groups attached to an aromatic ring is 1. The van der Waals surface area contributed by atoms with Gasteiger partial charge in [-0.15, -0.1) is 0 Å². The lowest BCUT2D eigenvalue weighted by molar-refractivity contribution is 0.0719. The third-order valence-corrected chi connectivity index (χ3v) is 3.43. The van der Waals surface area contributed by atoms with Crippen LogP contribution in [0.2, 0.25) is 0 Å². The van der Waals surface area contributed by atoms with Crippen LogP contribution >= 0.6 is 0 Å². The molecule has 20 heavy (non-hydrogen) atoms. The standard InChI is InChI=1S/C15H17N3O2/c1-10-8-14(17-20-10)15(19)18(13-6-7-13)9-11-2-4-12(16)5-3-11/h2-5,8,13H,6-7,9,16H2,1H3. The smallest absolute Gasteiger partial charge is 0.276 e. The fraction of sp³-hybridized carbons (Fsp3) is 0.333. The maximum atomic E-state index is 12.5. The lowest BCUT2D eigenvalue weighted by Gasteiger charge is -2.21. The van der Waals surface area contributed by atoms with Gasteiger partial charge >= 0.3 is 0 Å². The maximum absolute atomic E-state index is 12.5. The average molecular weight is 271 g/mol. The molecule has 0 bridgehead atoms. The molecule has 104 valence electrons. The van der Waals surface area contributed by atoms with E-state index < -0.39 is 0 Å². The van der Waals surface area contributed by atoms with Crippen molar-refractivity contribution in [2.45, 2.75) is 32.4 Å². The van der Waals surface area contributed by atoms with Crippen LogP contribution in [0.3, 0.4) is 0 Å². The molecule has 0 aliphatic heterocycles. The number of carbonyl (C=O) groups excluding carboxylic acids is 1. The van der Waals surface area contributed by atoms with E-state index in [4.69, 9.17) is 10.3 Å². The van der Waals surface area contributed by atoms with Gasteiger partial charge in [0.05, 0.1) is 0 Å². The molecule has 1 aromatic heterocycles. The van der Waals surface area contributed by atoms with E-state index in [0.717, 1.165) is 24.1 Å². The Bertz CT molecular complexity index is 614. The number of aromatic nitrogens is 1. The molecule has 1 saturated carbocycles. The molecule has 1 aliphatic rings. The minimum Gasteiger partial charge on any atom is -0.399 e. The number of amides is 1. The molecule has 2 aromatic rings. The first kappa shape index (κ1) is 12.7. The third kappa shape index (κ3) is 2.66. The van der Waals surface area contributed by atoms with E-state index in [2.05, 4.69) is 5.16 Å². The van der Waals surface area contributed by atoms with Crippen LogP contribution in [0, 0.1) is 6.92 Å². The van der Waals surface area contributed by atoms with Gasteiger partial charge in [-0.1, -0.05) is 17.3 Å². The summed E-state index contributed by atoms with van der Waals surface area (Å²) in [5.74, 6) is 0.581. The SMILES string of the molecule is Cc1cc(C(=O)N(Cc2ccc(N)cc2)C2CC2)no1. The highest BCUT2D eigenvalue weighted by molar-refractivity contribution is 5.92. The highest BCUT2D eigenvalue weighted by atomic mass is 16.5. The predicted molar refractivity (Wildman–Crippen MR) is 75.0 cm³/mol. The van der Waals surface area contributed by atoms with E-state index in [1.54, 1.807) is 13.0 Å². The van der Waals surface area contributed by atoms with Crippen molar-refractivity contribution in [1.29, 1.82) is 0 Å². The lowest BCUT2D eigenvalue weighted by atomic mass is 10.2. The van der Waals surface area contributed by atoms with Gasteiger partial charge in [-0.2, -0.15) is 0 Å². The van der Waals surface area contributed by atoms with Gasteiger partial charge in [-0.25, -0.2) is 0 Å². The quantitative estimate of drug-likeness (QED) is 0.866. The molecule has 0 saturated heterocycles. The lowest BCUT2D eigenvalue weighted by Crippen LogP contribution is -2.32. The van der Waals surface area contributed by atoms with Crippen molar-refractivity contribution in [3.05, 3.63) is 47.3 Å². The second-order valence-corrected chi connectivity index (χ2v) is 5.23. The van der Waals surface area contributed by atoms with Crippen molar-refractivity contribution in [2.24, 2.45) is 0 Å². The number of hydrogen-bond acceptors (Lipinski definition) is 4. The van der Waals surface area contributed by atoms with Crippen LogP contribution in [-0.4, -0.2) is 22.0 Å². The van der Waals surface area contributed by atoms with Crippen LogP contribution in [0.25, 0.3) is 0 Å². The van der Waals surface area contributed by atoms with Gasteiger partial charge in [-0.05, 0) is 37.5 Å². The summed E-state index contributed by atoms with van der Waals surface area (Å²) in [6.07, 6.45) is 2.11. The summed E-state index contributed by atoms with van der Waals surface area (Å²) >= 11 is 0. The fourth-order valence-corrected chi connectivity index (χ4v) is 2.19. The Hall–Kier alpha value is -2.30. The summed E-state index contributed by atoms with van der Waals surface area (Å²) in [5.41, 5.74) is 7.86. The first-order valence-electron chi connectivity index (χ1n) is 6.72. The first-order valence-corrected chi connectivity index (χ1v) is 6.72. The molecule has 1 aromatic carbocycles. The second kappa shape index (κ2) is 5.00. The fourth-order valence-electron chi connectivity index (χ4n) is 2.19. The Morgan fingerprint density at radius 1 is 1.40 bits per heavy atom. The van der Waals surface area contributed by atoms with Gasteiger partial charge in [0.2, 0.25) is 0 Å². The highest BCUT2D eigenvalue weighted by Crippen LogP contribution is 2.29. The minimum atomic E-state index is -0.0684. The third-order valence-electron chi connectivity index (χ3n) is 3.43. The van der Waals surface area contributed by atoms with Crippen LogP contribution in [0.1, 0.15) is 34.7 Å². The Morgan fingerprint density at radius 3 is 2.65 bits per heavy atom. The summed E-state index contributed by atoms with van der Waals surface area (Å²) in [4.78, 5) is 14.4. The molecule has 1 aliphatic carbocycles. The molecule has 5 nitrogen and oxygen atoms in total. The zero-order valence-electron chi connectivity index (χ0n) is 11.4. The van der Waals surface area contributed by atoms with Gasteiger partial charge in [0, 0.05) is 24.3 Å². The van der Waals surface area contributed by atoms with E-state index in [1.165, 1.54) is 0 Å². The summed E-state index contributed by atoms with van der Waals surface area (Å²) in [6.45, 7) is 2.36. The topological polar surface area (TPSA) is 72.4 Å². The summed E-state index contributed by atoms with van der Waals surface area (Å²) in [5, 5.41) is 3.82. The Balaban J connectivity index is 1.79. The van der Waals surface area contributed by atoms with Crippen LogP contribution in [0.4, 0.5) is 5.69 Å². The Morgan fingerprint density at radius 2 is 2.10 bits per heavy atom. The number of carbonyl (C=O) groups is 1. The molecular weight excluding hydrogens is 254 g/mol. The maximum Gasteiger partial charge on any atom is 0.276 e. The van der Waals surface area contributed by atoms with Crippen LogP contribution < -0.4 is 5.73 Å². The molecule has 2 N–H and O–H groups in total. The Labute approximate surface area is 117 Å². The van der Waals surface area contributed by atoms with E-state index in [-0.39, 0.29) is 5.91 Å². The largest absolute Gasteiger partial charge is 0.399 e. The van der Waals surface area contributed by atoms with Crippen molar-refractivity contribution < 1.29 is 9.32 Å². The van der Waals surface area contributed by atoms with Gasteiger partial charge in [0.15, 0.2) is 5.69 Å². The molecule has 0 spiro atoms. The molecule has 0 unspecified atom stereocenters. The first-order chi connectivity index (χ1) is 9.63. The number of rotatable bonds is 4. The molecule has 0 atom stereocenters. The van der Waals surface area contributed by atoms with E-state index in [0.29, 0.717) is 24.0 Å². The molecule has 1 amide bonds. The zero-order valence-corrected chi connectivity index (χ0v) is 11.4. The van der Waals surface area contributed by atoms with Crippen LogP contribution in [-0.2, 0) is 6.54 Å². The van der Waals surface area contributed by atoms with Crippen molar-refractivity contribution >= 4 is 11.6 Å². The number of hydrogen-bond donors (Lipinski definition) is 1. The summed E-state index contributed by atoms with van der Waals surface area (Å²) in [7, 11) is 0. The van der Waals surface area contributed by atoms with E-state index >= 15 is 0 Å². The van der Waals surface area contributed by atoms with Gasteiger partial charge in [0.25, 0.3) is 5.91 Å². The molecule has 3 rings (SSSR count). The van der Waals surface area contributed by atoms with Gasteiger partial charge in [-0.3, -0.25) is 4.79 Å². The van der Waals surface area contributed by atoms with Crippen molar-refractivity contribution in [1.82, 2.24) is 10.1 Å². The van der Waals surface area contributed by atoms with E-state index in [9.17, 15) is 4.79 Å². The van der Waals surface area contributed by atoms with Crippen molar-refractivity contribution in [2.75, 3.05) is 5.73 Å². The van der Waals surface area contributed by atoms with Crippen molar-refractivity contribution in [3.63, 3.8) is 0 Å². The number of benzene rings is 1. The number of nitrogens with two attached hydrogens (primary N) is 1. The Kier molecular flexibility index (Phi) is 3.18. The summed E-state index contributed by atoms with van der Waals surface area (Å²) < 4.78 is 4.99. The molecule has 5 heteroatoms. The summed E-state index contributed by atoms with van der Waals surface area (Å²) in [6, 6.07) is 9.60. The molecule has 1 heterocycles. The minimum absolute atomic E-state index is 0.0684. The highest BCUT2D eigenvalue weighted by Gasteiger charge is 2.34. The van der Waals surface area contributed by atoms with Gasteiger partial charge in [0.1, 0.15) is 5.76 Å². The number of aryl methyl sites for hydroxylation is 1. The second-order valence-electron chi connectivity index (χ2n) is 5.23. The zero-order chi connectivity index (χ0) is 14.1. The average Bonchev–Trinajstić information content (AvgIpc) is 3.19. The molecular formula is C15H17N3O2. The number of nitrogens with zero attached hydrogens (tertiary/aromatic N) is 2. The van der Waals surface area contributed by atoms with Crippen molar-refractivity contribution in [3.8, 4) is 0 Å². The normalized spacial score (nSPS) is 14.2. The predicted octanol–water partition coefficient (Wildman–Crippen LogP) is 2.37. The molecule has 0 radical (unpaired) electrons. The van der Waals surface area contributed by atoms with E-state index in [1.807, 2.05) is 29.2 Å². The van der Waals surface area contributed by atoms with Crippen LogP contribution in [0.15, 0.2) is 34.9 Å². The number of anilines is 1. The van der Waals surface area contributed by atoms with Crippen LogP contribution in [0.5, 0.6) is 0 Å².